The summed E-state index contributed by atoms with van der Waals surface area (Å²) in [6, 6.07) is 16.7. The third-order valence-electron chi connectivity index (χ3n) is 5.15. The third-order valence-corrected chi connectivity index (χ3v) is 5.15. The second-order valence-corrected chi connectivity index (χ2v) is 6.85. The van der Waals surface area contributed by atoms with Gasteiger partial charge in [-0.2, -0.15) is 0 Å². The van der Waals surface area contributed by atoms with Crippen molar-refractivity contribution in [3.63, 3.8) is 0 Å². The fourth-order valence-electron chi connectivity index (χ4n) is 3.75. The summed E-state index contributed by atoms with van der Waals surface area (Å²) in [6.07, 6.45) is 4.71. The number of hydrogen-bond acceptors (Lipinski definition) is 2. The number of benzene rings is 2. The number of aryl methyl sites for hydroxylation is 1. The van der Waals surface area contributed by atoms with Crippen molar-refractivity contribution in [3.05, 3.63) is 65.4 Å². The molecule has 2 aromatic carbocycles. The number of amides is 1. The van der Waals surface area contributed by atoms with E-state index in [1.807, 2.05) is 24.3 Å². The van der Waals surface area contributed by atoms with Crippen molar-refractivity contribution < 1.29 is 4.79 Å². The first-order valence-corrected chi connectivity index (χ1v) is 8.89. The van der Waals surface area contributed by atoms with E-state index in [4.69, 9.17) is 5.73 Å². The minimum absolute atomic E-state index is 0.232. The van der Waals surface area contributed by atoms with Crippen LogP contribution in [0.5, 0.6) is 0 Å². The van der Waals surface area contributed by atoms with Gasteiger partial charge in [-0.1, -0.05) is 30.3 Å². The summed E-state index contributed by atoms with van der Waals surface area (Å²) >= 11 is 0. The number of H-pyrrole nitrogens is 1. The molecule has 0 fully saturated rings. The molecule has 4 rings (SSSR count). The Bertz CT molecular complexity index is 885. The topological polar surface area (TPSA) is 62.1 Å². The Morgan fingerprint density at radius 2 is 2.04 bits per heavy atom. The molecule has 1 aliphatic rings. The number of carbonyl (C=O) groups excluding carboxylic acids is 1. The van der Waals surface area contributed by atoms with Gasteiger partial charge >= 0.3 is 0 Å². The zero-order valence-electron chi connectivity index (χ0n) is 14.2. The van der Waals surface area contributed by atoms with Crippen molar-refractivity contribution in [1.82, 2.24) is 4.98 Å². The molecule has 0 spiro atoms. The smallest absolute Gasteiger partial charge is 0.214 e. The number of aromatic nitrogens is 1. The maximum atomic E-state index is 11.6. The van der Waals surface area contributed by atoms with E-state index in [9.17, 15) is 4.79 Å². The summed E-state index contributed by atoms with van der Waals surface area (Å²) in [5, 5.41) is 1.20. The third kappa shape index (κ3) is 3.17. The molecular formula is C21H23N3O. The van der Waals surface area contributed by atoms with Gasteiger partial charge in [-0.05, 0) is 55.0 Å². The highest BCUT2D eigenvalue weighted by Crippen LogP contribution is 2.31. The van der Waals surface area contributed by atoms with Gasteiger partial charge in [0.15, 0.2) is 0 Å². The van der Waals surface area contributed by atoms with E-state index in [1.165, 1.54) is 22.2 Å². The van der Waals surface area contributed by atoms with E-state index in [1.54, 1.807) is 4.90 Å². The Balaban J connectivity index is 1.61. The van der Waals surface area contributed by atoms with Gasteiger partial charge in [-0.3, -0.25) is 4.79 Å². The van der Waals surface area contributed by atoms with Gasteiger partial charge in [-0.25, -0.2) is 0 Å². The van der Waals surface area contributed by atoms with E-state index >= 15 is 0 Å². The van der Waals surface area contributed by atoms with Crippen LogP contribution in [-0.2, 0) is 24.1 Å². The molecule has 1 amide bonds. The zero-order valence-corrected chi connectivity index (χ0v) is 14.2. The van der Waals surface area contributed by atoms with Gasteiger partial charge in [0.1, 0.15) is 0 Å². The Morgan fingerprint density at radius 1 is 1.20 bits per heavy atom. The number of carbonyl (C=O) groups is 1. The molecule has 1 aliphatic carbocycles. The Hall–Kier alpha value is -2.59. The molecule has 1 unspecified atom stereocenters. The maximum Gasteiger partial charge on any atom is 0.214 e. The largest absolute Gasteiger partial charge is 0.358 e. The molecule has 0 saturated heterocycles. The number of nitrogens with two attached hydrogens (primary N) is 1. The van der Waals surface area contributed by atoms with Crippen LogP contribution >= 0.6 is 0 Å². The molecule has 3 N–H and O–H groups in total. The highest BCUT2D eigenvalue weighted by atomic mass is 16.1. The van der Waals surface area contributed by atoms with Crippen LogP contribution in [0.3, 0.4) is 0 Å². The van der Waals surface area contributed by atoms with E-state index in [2.05, 4.69) is 29.2 Å². The Labute approximate surface area is 147 Å². The Kier molecular flexibility index (Phi) is 4.28. The van der Waals surface area contributed by atoms with Crippen LogP contribution in [0.4, 0.5) is 5.69 Å². The van der Waals surface area contributed by atoms with Crippen molar-refractivity contribution in [1.29, 1.82) is 0 Å². The fraction of sp³-hybridized carbons (Fsp3) is 0.286. The summed E-state index contributed by atoms with van der Waals surface area (Å²) in [5.41, 5.74) is 12.1. The lowest BCUT2D eigenvalue weighted by Gasteiger charge is -2.19. The van der Waals surface area contributed by atoms with E-state index in [0.29, 0.717) is 6.54 Å². The molecule has 1 aromatic heterocycles. The molecule has 0 radical (unpaired) electrons. The number of fused-ring (bicyclic) bond motifs is 3. The zero-order chi connectivity index (χ0) is 17.2. The number of nitrogens with zero attached hydrogens (tertiary/aromatic N) is 1. The van der Waals surface area contributed by atoms with Crippen LogP contribution in [0.2, 0.25) is 0 Å². The quantitative estimate of drug-likeness (QED) is 0.704. The molecular weight excluding hydrogens is 310 g/mol. The van der Waals surface area contributed by atoms with E-state index in [-0.39, 0.29) is 6.04 Å². The lowest BCUT2D eigenvalue weighted by Crippen LogP contribution is -2.27. The number of rotatable bonds is 5. The van der Waals surface area contributed by atoms with Gasteiger partial charge in [0.2, 0.25) is 6.41 Å². The van der Waals surface area contributed by atoms with Crippen molar-refractivity contribution in [2.75, 3.05) is 11.4 Å². The average molecular weight is 333 g/mol. The first kappa shape index (κ1) is 15.9. The predicted octanol–water partition coefficient (Wildman–Crippen LogP) is 3.19. The van der Waals surface area contributed by atoms with Gasteiger partial charge in [0.05, 0.1) is 0 Å². The number of anilines is 1. The number of nitrogens with one attached hydrogen (secondary N) is 1. The van der Waals surface area contributed by atoms with Gasteiger partial charge < -0.3 is 15.6 Å². The summed E-state index contributed by atoms with van der Waals surface area (Å²) in [6.45, 7) is 0.672. The summed E-state index contributed by atoms with van der Waals surface area (Å²) in [4.78, 5) is 16.9. The molecule has 0 aliphatic heterocycles. The molecule has 1 atom stereocenters. The van der Waals surface area contributed by atoms with Crippen molar-refractivity contribution >= 4 is 23.0 Å². The Morgan fingerprint density at radius 3 is 2.84 bits per heavy atom. The highest BCUT2D eigenvalue weighted by Gasteiger charge is 2.20. The van der Waals surface area contributed by atoms with Crippen molar-refractivity contribution in [2.24, 2.45) is 5.73 Å². The van der Waals surface area contributed by atoms with Gasteiger partial charge in [-0.15, -0.1) is 0 Å². The van der Waals surface area contributed by atoms with Crippen molar-refractivity contribution in [3.8, 4) is 0 Å². The van der Waals surface area contributed by atoms with Crippen molar-refractivity contribution in [2.45, 2.75) is 31.7 Å². The normalized spacial score (nSPS) is 16.6. The standard InChI is InChI=1S/C21H23N3O/c22-16-6-8-20-18(12-16)19-13-17(7-9-21(19)23-20)24(14-25)11-10-15-4-2-1-3-5-15/h1-5,7,9,13-14,16,23H,6,8,10-12,22H2. The number of aromatic amines is 1. The summed E-state index contributed by atoms with van der Waals surface area (Å²) in [7, 11) is 0. The molecule has 4 heteroatoms. The van der Waals surface area contributed by atoms with E-state index in [0.717, 1.165) is 43.3 Å². The monoisotopic (exact) mass is 333 g/mol. The molecule has 25 heavy (non-hydrogen) atoms. The lowest BCUT2D eigenvalue weighted by atomic mass is 9.92. The van der Waals surface area contributed by atoms with Crippen LogP contribution in [0.1, 0.15) is 23.2 Å². The second-order valence-electron chi connectivity index (χ2n) is 6.85. The molecule has 3 aromatic rings. The predicted molar refractivity (Wildman–Crippen MR) is 102 cm³/mol. The molecule has 4 nitrogen and oxygen atoms in total. The molecule has 0 saturated carbocycles. The minimum Gasteiger partial charge on any atom is -0.358 e. The molecule has 0 bridgehead atoms. The van der Waals surface area contributed by atoms with Crippen LogP contribution in [0.25, 0.3) is 10.9 Å². The SMILES string of the molecule is NC1CCc2[nH]c3ccc(N(C=O)CCc4ccccc4)cc3c2C1. The van der Waals surface area contributed by atoms with Gasteiger partial charge in [0, 0.05) is 34.9 Å². The minimum atomic E-state index is 0.232. The van der Waals surface area contributed by atoms with Crippen LogP contribution in [0.15, 0.2) is 48.5 Å². The van der Waals surface area contributed by atoms with Gasteiger partial charge in [0.25, 0.3) is 0 Å². The average Bonchev–Trinajstić information content (AvgIpc) is 3.00. The fourth-order valence-corrected chi connectivity index (χ4v) is 3.75. The molecule has 1 heterocycles. The highest BCUT2D eigenvalue weighted by molar-refractivity contribution is 5.90. The first-order valence-electron chi connectivity index (χ1n) is 8.89. The van der Waals surface area contributed by atoms with Crippen LogP contribution in [0, 0.1) is 0 Å². The maximum absolute atomic E-state index is 11.6. The second kappa shape index (κ2) is 6.73. The lowest BCUT2D eigenvalue weighted by molar-refractivity contribution is -0.107. The van der Waals surface area contributed by atoms with Crippen LogP contribution in [-0.4, -0.2) is 24.0 Å². The van der Waals surface area contributed by atoms with Crippen LogP contribution < -0.4 is 10.6 Å². The van der Waals surface area contributed by atoms with E-state index < -0.39 is 0 Å². The summed E-state index contributed by atoms with van der Waals surface area (Å²) < 4.78 is 0. The molecule has 128 valence electrons. The first-order chi connectivity index (χ1) is 12.2. The summed E-state index contributed by atoms with van der Waals surface area (Å²) in [5.74, 6) is 0. The number of hydrogen-bond donors (Lipinski definition) is 2.